The second-order valence-corrected chi connectivity index (χ2v) is 12.0. The van der Waals surface area contributed by atoms with Crippen LogP contribution in [0.4, 0.5) is 0 Å². The highest BCUT2D eigenvalue weighted by Gasteiger charge is 2.34. The zero-order valence-electron chi connectivity index (χ0n) is 30.0. The summed E-state index contributed by atoms with van der Waals surface area (Å²) in [5.41, 5.74) is 0.140. The number of hydrogen-bond donors (Lipinski definition) is 6. The fraction of sp³-hybridized carbons (Fsp3) is 0.351. The Bertz CT molecular complexity index is 1840. The number of carboxylic acids is 3. The molecule has 294 valence electrons. The Morgan fingerprint density at radius 2 is 1.60 bits per heavy atom. The van der Waals surface area contributed by atoms with Gasteiger partial charge in [-0.1, -0.05) is 57.4 Å². The summed E-state index contributed by atoms with van der Waals surface area (Å²) in [4.78, 5) is 103. The fourth-order valence-corrected chi connectivity index (χ4v) is 5.42. The Morgan fingerprint density at radius 1 is 0.873 bits per heavy atom. The molecule has 0 fully saturated rings. The van der Waals surface area contributed by atoms with E-state index in [2.05, 4.69) is 16.0 Å². The van der Waals surface area contributed by atoms with Crippen molar-refractivity contribution < 1.29 is 67.7 Å². The molecule has 0 radical (unpaired) electrons. The van der Waals surface area contributed by atoms with E-state index in [1.54, 1.807) is 25.1 Å². The van der Waals surface area contributed by atoms with E-state index in [4.69, 9.17) is 24.2 Å². The van der Waals surface area contributed by atoms with Crippen LogP contribution in [0.5, 0.6) is 5.75 Å². The molecule has 0 saturated heterocycles. The van der Waals surface area contributed by atoms with Crippen molar-refractivity contribution in [3.05, 3.63) is 77.6 Å². The summed E-state index contributed by atoms with van der Waals surface area (Å²) in [5, 5.41) is 35.4. The van der Waals surface area contributed by atoms with Crippen molar-refractivity contribution in [2.75, 3.05) is 13.3 Å². The maximum absolute atomic E-state index is 13.5. The highest BCUT2D eigenvalue weighted by Crippen LogP contribution is 2.29. The lowest BCUT2D eigenvalue weighted by Gasteiger charge is -2.31. The van der Waals surface area contributed by atoms with Crippen molar-refractivity contribution in [3.63, 3.8) is 0 Å². The van der Waals surface area contributed by atoms with E-state index in [1.165, 1.54) is 42.5 Å². The largest absolute Gasteiger partial charge is 0.481 e. The number of unbranched alkanes of at least 4 members (excludes halogenated alkanes) is 2. The third-order valence-corrected chi connectivity index (χ3v) is 8.15. The van der Waals surface area contributed by atoms with Crippen LogP contribution in [-0.4, -0.2) is 93.8 Å². The van der Waals surface area contributed by atoms with Gasteiger partial charge in [-0.3, -0.25) is 24.0 Å². The van der Waals surface area contributed by atoms with Gasteiger partial charge >= 0.3 is 23.9 Å². The summed E-state index contributed by atoms with van der Waals surface area (Å²) < 4.78 is 10.9. The van der Waals surface area contributed by atoms with Gasteiger partial charge in [0.2, 0.25) is 12.3 Å². The third kappa shape index (κ3) is 12.7. The fourth-order valence-electron chi connectivity index (χ4n) is 5.42. The molecule has 2 aromatic carbocycles. The van der Waals surface area contributed by atoms with Crippen molar-refractivity contribution in [2.45, 2.75) is 64.5 Å². The predicted molar refractivity (Wildman–Crippen MR) is 190 cm³/mol. The minimum Gasteiger partial charge on any atom is -0.481 e. The van der Waals surface area contributed by atoms with Gasteiger partial charge in [0.1, 0.15) is 17.6 Å². The van der Waals surface area contributed by atoms with Gasteiger partial charge in [-0.25, -0.2) is 14.4 Å². The molecule has 0 saturated carbocycles. The second kappa shape index (κ2) is 21.1. The van der Waals surface area contributed by atoms with E-state index in [9.17, 15) is 43.5 Å². The number of carbonyl (C=O) groups excluding carboxylic acids is 5. The molecule has 3 aromatic rings. The molecule has 1 heterocycles. The third-order valence-electron chi connectivity index (χ3n) is 8.15. The molecule has 18 nitrogen and oxygen atoms in total. The van der Waals surface area contributed by atoms with E-state index in [0.29, 0.717) is 19.3 Å². The zero-order valence-corrected chi connectivity index (χ0v) is 30.0. The molecule has 0 aliphatic heterocycles. The van der Waals surface area contributed by atoms with Gasteiger partial charge in [0.05, 0.1) is 36.2 Å². The van der Waals surface area contributed by atoms with E-state index < -0.39 is 72.6 Å². The highest BCUT2D eigenvalue weighted by molar-refractivity contribution is 6.00. The quantitative estimate of drug-likeness (QED) is 0.0351. The summed E-state index contributed by atoms with van der Waals surface area (Å²) in [6.07, 6.45) is 2.39. The molecule has 0 bridgehead atoms. The molecular formula is C37H42N4O14. The lowest BCUT2D eigenvalue weighted by Crippen LogP contribution is -2.49. The number of carbonyl (C=O) groups is 8. The first kappa shape index (κ1) is 42.7. The summed E-state index contributed by atoms with van der Waals surface area (Å²) in [7, 11) is 0. The number of furan rings is 1. The van der Waals surface area contributed by atoms with Crippen LogP contribution in [0.3, 0.4) is 0 Å². The van der Waals surface area contributed by atoms with E-state index >= 15 is 0 Å². The number of hydroxylamine groups is 2. The normalized spacial score (nSPS) is 12.3. The van der Waals surface area contributed by atoms with E-state index in [0.717, 1.165) is 17.9 Å². The molecule has 0 spiro atoms. The molecule has 0 aliphatic carbocycles. The molecule has 1 aromatic heterocycles. The van der Waals surface area contributed by atoms with Crippen molar-refractivity contribution >= 4 is 48.0 Å². The first-order valence-corrected chi connectivity index (χ1v) is 17.2. The number of hydrogen-bond acceptors (Lipinski definition) is 11. The topological polar surface area (TPSA) is 268 Å². The Hall–Kier alpha value is -6.72. The van der Waals surface area contributed by atoms with Crippen LogP contribution in [-0.2, 0) is 28.8 Å². The van der Waals surface area contributed by atoms with Crippen molar-refractivity contribution in [2.24, 2.45) is 5.92 Å². The molecule has 3 rings (SSSR count). The van der Waals surface area contributed by atoms with Gasteiger partial charge in [-0.2, -0.15) is 5.06 Å². The lowest BCUT2D eigenvalue weighted by atomic mass is 9.90. The van der Waals surface area contributed by atoms with Crippen LogP contribution in [0, 0.1) is 5.92 Å². The molecule has 2 unspecified atom stereocenters. The van der Waals surface area contributed by atoms with Crippen LogP contribution in [0.1, 0.15) is 83.6 Å². The number of carboxylic acid groups (broad SMARTS) is 3. The van der Waals surface area contributed by atoms with Gasteiger partial charge in [0.25, 0.3) is 11.8 Å². The molecule has 18 heteroatoms. The number of nitrogens with one attached hydrogen (secondary N) is 3. The second-order valence-electron chi connectivity index (χ2n) is 12.0. The molecule has 0 aliphatic rings. The Balaban J connectivity index is 1.72. The van der Waals surface area contributed by atoms with Crippen LogP contribution in [0.15, 0.2) is 65.1 Å². The number of rotatable bonds is 23. The van der Waals surface area contributed by atoms with Crippen LogP contribution >= 0.6 is 0 Å². The summed E-state index contributed by atoms with van der Waals surface area (Å²) in [6.45, 7) is 2.51. The van der Waals surface area contributed by atoms with E-state index in [1.807, 2.05) is 6.92 Å². The summed E-state index contributed by atoms with van der Waals surface area (Å²) in [6, 6.07) is 11.9. The van der Waals surface area contributed by atoms with E-state index in [-0.39, 0.29) is 47.0 Å². The SMILES string of the molecule is CCCCCC(C(=O)NCNC(=O)c1ccc(-c2ccc(C(=O)NC(CC(=O)O)C(=O)O)c(OCC(=O)O)c2)o1)[C@@H](CC)N(C=O)OC(=O)c1ccccc1. The zero-order chi connectivity index (χ0) is 40.5. The van der Waals surface area contributed by atoms with Crippen molar-refractivity contribution in [1.29, 1.82) is 0 Å². The summed E-state index contributed by atoms with van der Waals surface area (Å²) in [5.74, 6) is -8.74. The van der Waals surface area contributed by atoms with Crippen molar-refractivity contribution in [1.82, 2.24) is 21.0 Å². The maximum Gasteiger partial charge on any atom is 0.363 e. The Labute approximate surface area is 314 Å². The smallest absolute Gasteiger partial charge is 0.363 e. The molecule has 3 atom stereocenters. The molecule has 6 N–H and O–H groups in total. The van der Waals surface area contributed by atoms with Gasteiger partial charge in [0.15, 0.2) is 12.4 Å². The first-order valence-electron chi connectivity index (χ1n) is 17.2. The minimum absolute atomic E-state index is 0.0800. The summed E-state index contributed by atoms with van der Waals surface area (Å²) >= 11 is 0. The Morgan fingerprint density at radius 3 is 2.22 bits per heavy atom. The first-order chi connectivity index (χ1) is 26.3. The monoisotopic (exact) mass is 766 g/mol. The average Bonchev–Trinajstić information content (AvgIpc) is 3.66. The predicted octanol–water partition coefficient (Wildman–Crippen LogP) is 3.08. The van der Waals surface area contributed by atoms with Crippen LogP contribution in [0.2, 0.25) is 0 Å². The van der Waals surface area contributed by atoms with Crippen LogP contribution < -0.4 is 20.7 Å². The average molecular weight is 767 g/mol. The van der Waals surface area contributed by atoms with Gasteiger partial charge < -0.3 is 45.3 Å². The van der Waals surface area contributed by atoms with Crippen molar-refractivity contribution in [3.8, 4) is 17.1 Å². The Kier molecular flexibility index (Phi) is 16.4. The number of ether oxygens (including phenoxy) is 1. The van der Waals surface area contributed by atoms with Gasteiger partial charge in [0, 0.05) is 5.56 Å². The minimum atomic E-state index is -1.79. The molecule has 55 heavy (non-hydrogen) atoms. The van der Waals surface area contributed by atoms with Gasteiger partial charge in [-0.15, -0.1) is 0 Å². The highest BCUT2D eigenvalue weighted by atomic mass is 16.7. The molecular weight excluding hydrogens is 724 g/mol. The number of benzene rings is 2. The number of nitrogens with zero attached hydrogens (tertiary/aromatic N) is 1. The maximum atomic E-state index is 13.5. The molecule has 4 amide bonds. The number of aliphatic carboxylic acids is 3. The number of amides is 4. The standard InChI is InChI=1S/C37H42N4O14/c1-3-5-7-12-24(27(4-2)41(21-42)55-37(52)22-10-8-6-9-11-22)33(47)38-20-39-35(49)29-16-15-28(54-29)23-13-14-25(30(17-23)53-19-32(45)46)34(48)40-26(36(50)51)18-31(43)44/h6,8-11,13-17,21,24,26-27H,3-5,7,12,18-20H2,1-2H3,(H,38,47)(H,39,49)(H,40,48)(H,43,44)(H,45,46)(H,50,51)/t24?,26?,27-/m1/s1. The lowest BCUT2D eigenvalue weighted by molar-refractivity contribution is -0.171. The van der Waals surface area contributed by atoms with Crippen LogP contribution in [0.25, 0.3) is 11.3 Å². The van der Waals surface area contributed by atoms with Gasteiger partial charge in [-0.05, 0) is 49.2 Å².